The highest BCUT2D eigenvalue weighted by molar-refractivity contribution is 6.10. The average Bonchev–Trinajstić information content (AvgIpc) is 2.56. The summed E-state index contributed by atoms with van der Waals surface area (Å²) in [4.78, 5) is 10.4. The molecule has 0 aromatic heterocycles. The van der Waals surface area contributed by atoms with Crippen LogP contribution in [0.4, 0.5) is 11.4 Å². The Balaban J connectivity index is 2.62. The van der Waals surface area contributed by atoms with Crippen molar-refractivity contribution in [2.24, 2.45) is 20.8 Å². The molecule has 0 fully saturated rings. The Bertz CT molecular complexity index is 814. The van der Waals surface area contributed by atoms with Gasteiger partial charge in [0.1, 0.15) is 0 Å². The molecule has 0 N–H and O–H groups in total. The Labute approximate surface area is 178 Å². The molecule has 0 unspecified atom stereocenters. The minimum atomic E-state index is -0.0402. The van der Waals surface area contributed by atoms with Gasteiger partial charge in [-0.1, -0.05) is 77.9 Å². The number of aryl methyl sites for hydroxylation is 4. The number of aliphatic imine (C=N–C) groups is 2. The number of hydrogen-bond acceptors (Lipinski definition) is 2. The molecule has 2 rings (SSSR count). The predicted octanol–water partition coefficient (Wildman–Crippen LogP) is 8.25. The Morgan fingerprint density at radius 3 is 1.10 bits per heavy atom. The average molecular weight is 391 g/mol. The van der Waals surface area contributed by atoms with Crippen LogP contribution in [0.1, 0.15) is 70.2 Å². The van der Waals surface area contributed by atoms with Gasteiger partial charge in [-0.3, -0.25) is 9.98 Å². The topological polar surface area (TPSA) is 24.7 Å². The molecule has 0 aliphatic rings. The molecule has 0 heterocycles. The van der Waals surface area contributed by atoms with Crippen molar-refractivity contribution >= 4 is 22.8 Å². The maximum absolute atomic E-state index is 5.20. The summed E-state index contributed by atoms with van der Waals surface area (Å²) in [6, 6.07) is 12.8. The Morgan fingerprint density at radius 1 is 0.586 bits per heavy atom. The number of hydrogen-bond donors (Lipinski definition) is 0. The van der Waals surface area contributed by atoms with Crippen molar-refractivity contribution in [1.29, 1.82) is 0 Å². The highest BCUT2D eigenvalue weighted by atomic mass is 14.8. The molecule has 0 atom stereocenters. The summed E-state index contributed by atoms with van der Waals surface area (Å²) in [5, 5.41) is 0. The first-order chi connectivity index (χ1) is 13.3. The third kappa shape index (κ3) is 5.88. The number of para-hydroxylation sites is 2. The highest BCUT2D eigenvalue weighted by Gasteiger charge is 2.27. The fourth-order valence-corrected chi connectivity index (χ4v) is 3.34. The summed E-state index contributed by atoms with van der Waals surface area (Å²) in [7, 11) is 0. The molecule has 0 aliphatic heterocycles. The molecule has 2 heteroatoms. The molecule has 2 nitrogen and oxygen atoms in total. The van der Waals surface area contributed by atoms with Crippen molar-refractivity contribution in [2.75, 3.05) is 0 Å². The number of nitrogens with zero attached hydrogens (tertiary/aromatic N) is 2. The van der Waals surface area contributed by atoms with Crippen LogP contribution in [0.3, 0.4) is 0 Å². The minimum Gasteiger partial charge on any atom is -0.256 e. The second-order valence-corrected chi connectivity index (χ2v) is 10.3. The van der Waals surface area contributed by atoms with Gasteiger partial charge < -0.3 is 0 Å². The van der Waals surface area contributed by atoms with Gasteiger partial charge in [0.25, 0.3) is 0 Å². The normalized spacial score (nSPS) is 13.7. The van der Waals surface area contributed by atoms with Gasteiger partial charge in [0.15, 0.2) is 0 Å². The zero-order chi connectivity index (χ0) is 22.0. The van der Waals surface area contributed by atoms with Crippen molar-refractivity contribution < 1.29 is 0 Å². The van der Waals surface area contributed by atoms with Crippen molar-refractivity contribution in [1.82, 2.24) is 0 Å². The predicted molar refractivity (Wildman–Crippen MR) is 130 cm³/mol. The lowest BCUT2D eigenvalue weighted by Crippen LogP contribution is -2.29. The zero-order valence-corrected chi connectivity index (χ0v) is 20.1. The standard InChI is InChI=1S/C27H38N2/c1-18-13-11-14-19(2)24(18)28-22(26(5,6)7)17-23(27(8,9)10)29-25-20(3)15-12-16-21(25)4/h11-16H,17H2,1-10H3. The fourth-order valence-electron chi connectivity index (χ4n) is 3.34. The lowest BCUT2D eigenvalue weighted by molar-refractivity contribution is 0.564. The molecule has 29 heavy (non-hydrogen) atoms. The van der Waals surface area contributed by atoms with Gasteiger partial charge in [-0.25, -0.2) is 0 Å². The van der Waals surface area contributed by atoms with Crippen LogP contribution in [-0.2, 0) is 0 Å². The van der Waals surface area contributed by atoms with Crippen molar-refractivity contribution in [2.45, 2.75) is 75.7 Å². The van der Waals surface area contributed by atoms with Gasteiger partial charge in [0, 0.05) is 28.7 Å². The van der Waals surface area contributed by atoms with Gasteiger partial charge in [0.2, 0.25) is 0 Å². The third-order valence-corrected chi connectivity index (χ3v) is 5.44. The van der Waals surface area contributed by atoms with E-state index in [-0.39, 0.29) is 10.8 Å². The zero-order valence-electron chi connectivity index (χ0n) is 20.1. The molecule has 0 aliphatic carbocycles. The van der Waals surface area contributed by atoms with E-state index < -0.39 is 0 Å². The summed E-state index contributed by atoms with van der Waals surface area (Å²) in [5.41, 5.74) is 9.33. The largest absolute Gasteiger partial charge is 0.256 e. The summed E-state index contributed by atoms with van der Waals surface area (Å²) in [6.45, 7) is 22.1. The molecule has 0 saturated heterocycles. The smallest absolute Gasteiger partial charge is 0.0687 e. The van der Waals surface area contributed by atoms with Crippen LogP contribution < -0.4 is 0 Å². The van der Waals surface area contributed by atoms with E-state index in [0.29, 0.717) is 0 Å². The van der Waals surface area contributed by atoms with E-state index in [0.717, 1.165) is 17.8 Å². The summed E-state index contributed by atoms with van der Waals surface area (Å²) >= 11 is 0. The van der Waals surface area contributed by atoms with Crippen LogP contribution in [0.15, 0.2) is 46.4 Å². The van der Waals surface area contributed by atoms with Gasteiger partial charge in [-0.15, -0.1) is 0 Å². The quantitative estimate of drug-likeness (QED) is 0.469. The van der Waals surface area contributed by atoms with E-state index >= 15 is 0 Å². The van der Waals surface area contributed by atoms with Gasteiger partial charge in [0.05, 0.1) is 11.4 Å². The first kappa shape index (κ1) is 23.1. The molecule has 0 amide bonds. The Kier molecular flexibility index (Phi) is 6.88. The maximum atomic E-state index is 5.20. The minimum absolute atomic E-state index is 0.0402. The monoisotopic (exact) mass is 390 g/mol. The fraction of sp³-hybridized carbons (Fsp3) is 0.481. The second kappa shape index (κ2) is 8.65. The molecule has 2 aromatic carbocycles. The maximum Gasteiger partial charge on any atom is 0.0687 e. The Morgan fingerprint density at radius 2 is 0.862 bits per heavy atom. The molecular weight excluding hydrogens is 352 g/mol. The first-order valence-corrected chi connectivity index (χ1v) is 10.6. The summed E-state index contributed by atoms with van der Waals surface area (Å²) < 4.78 is 0. The van der Waals surface area contributed by atoms with E-state index in [4.69, 9.17) is 9.98 Å². The third-order valence-electron chi connectivity index (χ3n) is 5.44. The number of rotatable bonds is 4. The van der Waals surface area contributed by atoms with E-state index in [1.54, 1.807) is 0 Å². The van der Waals surface area contributed by atoms with Crippen molar-refractivity contribution in [3.05, 3.63) is 58.7 Å². The lowest BCUT2D eigenvalue weighted by Gasteiger charge is -2.28. The van der Waals surface area contributed by atoms with E-state index in [1.165, 1.54) is 33.7 Å². The summed E-state index contributed by atoms with van der Waals surface area (Å²) in [5.74, 6) is 0. The molecule has 0 radical (unpaired) electrons. The van der Waals surface area contributed by atoms with Gasteiger partial charge in [-0.2, -0.15) is 0 Å². The molecule has 0 saturated carbocycles. The van der Waals surface area contributed by atoms with Crippen molar-refractivity contribution in [3.8, 4) is 0 Å². The molecule has 156 valence electrons. The van der Waals surface area contributed by atoms with E-state index in [1.807, 2.05) is 0 Å². The molecule has 2 aromatic rings. The van der Waals surface area contributed by atoms with Crippen LogP contribution in [0.2, 0.25) is 0 Å². The van der Waals surface area contributed by atoms with Crippen molar-refractivity contribution in [3.63, 3.8) is 0 Å². The van der Waals surface area contributed by atoms with Crippen LogP contribution in [0.25, 0.3) is 0 Å². The highest BCUT2D eigenvalue weighted by Crippen LogP contribution is 2.33. The SMILES string of the molecule is Cc1cccc(C)c1N=C(CC(=Nc1c(C)cccc1C)C(C)(C)C)C(C)(C)C. The summed E-state index contributed by atoms with van der Waals surface area (Å²) in [6.07, 6.45) is 0.772. The first-order valence-electron chi connectivity index (χ1n) is 10.6. The van der Waals surface area contributed by atoms with Crippen LogP contribution in [-0.4, -0.2) is 11.4 Å². The van der Waals surface area contributed by atoms with Crippen LogP contribution >= 0.6 is 0 Å². The molecular formula is C27H38N2. The number of benzene rings is 2. The van der Waals surface area contributed by atoms with Crippen LogP contribution in [0, 0.1) is 38.5 Å². The molecule has 0 spiro atoms. The van der Waals surface area contributed by atoms with Crippen LogP contribution in [0.5, 0.6) is 0 Å². The lowest BCUT2D eigenvalue weighted by atomic mass is 9.80. The van der Waals surface area contributed by atoms with E-state index in [9.17, 15) is 0 Å². The van der Waals surface area contributed by atoms with Gasteiger partial charge in [-0.05, 0) is 49.9 Å². The Hall–Kier alpha value is -2.22. The molecule has 0 bridgehead atoms. The van der Waals surface area contributed by atoms with E-state index in [2.05, 4.69) is 106 Å². The second-order valence-electron chi connectivity index (χ2n) is 10.3. The van der Waals surface area contributed by atoms with Gasteiger partial charge >= 0.3 is 0 Å².